The van der Waals surface area contributed by atoms with E-state index >= 15 is 0 Å². The lowest BCUT2D eigenvalue weighted by molar-refractivity contribution is -0.127. The summed E-state index contributed by atoms with van der Waals surface area (Å²) in [5.74, 6) is 1.20. The van der Waals surface area contributed by atoms with E-state index in [-0.39, 0.29) is 16.7 Å². The predicted molar refractivity (Wildman–Crippen MR) is 98.7 cm³/mol. The van der Waals surface area contributed by atoms with Gasteiger partial charge in [0.2, 0.25) is 17.6 Å². The smallest absolute Gasteiger partial charge is 0.228 e. The number of halogens is 1. The molecule has 0 radical (unpaired) electrons. The van der Waals surface area contributed by atoms with E-state index in [1.807, 2.05) is 12.1 Å². The maximum Gasteiger partial charge on any atom is 0.228 e. The Bertz CT molecular complexity index is 798. The predicted octanol–water partition coefficient (Wildman–Crippen LogP) is 2.83. The fourth-order valence-electron chi connectivity index (χ4n) is 4.14. The molecule has 1 aliphatic heterocycles. The van der Waals surface area contributed by atoms with Crippen molar-refractivity contribution >= 4 is 17.5 Å². The minimum atomic E-state index is -0.224. The van der Waals surface area contributed by atoms with E-state index in [1.165, 1.54) is 0 Å². The van der Waals surface area contributed by atoms with Crippen LogP contribution in [0.15, 0.2) is 28.8 Å². The van der Waals surface area contributed by atoms with Crippen molar-refractivity contribution < 1.29 is 9.32 Å². The molecule has 4 rings (SSSR count). The molecule has 2 heterocycles. The lowest BCUT2D eigenvalue weighted by Crippen LogP contribution is -2.39. The summed E-state index contributed by atoms with van der Waals surface area (Å²) < 4.78 is 5.29. The van der Waals surface area contributed by atoms with Gasteiger partial charge in [-0.25, -0.2) is 0 Å². The van der Waals surface area contributed by atoms with E-state index in [0.717, 1.165) is 37.9 Å². The van der Waals surface area contributed by atoms with Crippen LogP contribution in [-0.2, 0) is 11.2 Å². The Balaban J connectivity index is 1.30. The van der Waals surface area contributed by atoms with Crippen molar-refractivity contribution in [2.75, 3.05) is 19.6 Å². The van der Waals surface area contributed by atoms with Crippen LogP contribution in [0.2, 0.25) is 5.02 Å². The number of carbonyl (C=O) groups is 1. The Labute approximate surface area is 157 Å². The van der Waals surface area contributed by atoms with Crippen LogP contribution in [0.4, 0.5) is 0 Å². The topological polar surface area (TPSA) is 80.1 Å². The second-order valence-electron chi connectivity index (χ2n) is 7.56. The highest BCUT2D eigenvalue weighted by Crippen LogP contribution is 2.68. The second-order valence-corrected chi connectivity index (χ2v) is 8.00. The number of benzene rings is 1. The number of nitrogens with zero attached hydrogens (tertiary/aromatic N) is 2. The van der Waals surface area contributed by atoms with E-state index in [4.69, 9.17) is 16.1 Å². The van der Waals surface area contributed by atoms with Gasteiger partial charge >= 0.3 is 0 Å². The van der Waals surface area contributed by atoms with E-state index in [9.17, 15) is 4.79 Å². The normalized spacial score (nSPS) is 23.8. The summed E-state index contributed by atoms with van der Waals surface area (Å²) >= 11 is 5.89. The number of rotatable bonds is 5. The van der Waals surface area contributed by atoms with Gasteiger partial charge < -0.3 is 15.2 Å². The number of piperidine rings is 1. The molecule has 1 spiro atoms. The third-order valence-corrected chi connectivity index (χ3v) is 6.25. The highest BCUT2D eigenvalue weighted by Gasteiger charge is 2.67. The minimum absolute atomic E-state index is 0.150. The van der Waals surface area contributed by atoms with E-state index in [2.05, 4.69) is 27.7 Å². The summed E-state index contributed by atoms with van der Waals surface area (Å²) in [4.78, 5) is 17.0. The van der Waals surface area contributed by atoms with Crippen LogP contribution >= 0.6 is 11.6 Å². The molecule has 1 atom stereocenters. The van der Waals surface area contributed by atoms with Gasteiger partial charge in [0.15, 0.2) is 0 Å². The Kier molecular flexibility index (Phi) is 4.49. The fourth-order valence-corrected chi connectivity index (χ4v) is 4.26. The zero-order valence-corrected chi connectivity index (χ0v) is 15.6. The van der Waals surface area contributed by atoms with Crippen LogP contribution in [0.5, 0.6) is 0 Å². The summed E-state index contributed by atoms with van der Waals surface area (Å²) in [7, 11) is 0. The number of aromatic nitrogens is 2. The molecule has 1 aromatic carbocycles. The number of nitrogens with one attached hydrogen (secondary N) is 2. The number of hydrogen-bond donors (Lipinski definition) is 2. The molecule has 1 unspecified atom stereocenters. The van der Waals surface area contributed by atoms with Crippen molar-refractivity contribution in [2.24, 2.45) is 10.8 Å². The lowest BCUT2D eigenvalue weighted by Gasteiger charge is -2.27. The van der Waals surface area contributed by atoms with Crippen molar-refractivity contribution in [3.8, 4) is 11.4 Å². The maximum absolute atomic E-state index is 12.6. The van der Waals surface area contributed by atoms with Gasteiger partial charge in [-0.05, 0) is 62.0 Å². The summed E-state index contributed by atoms with van der Waals surface area (Å²) in [6.07, 6.45) is 3.70. The van der Waals surface area contributed by atoms with Crippen LogP contribution in [0.3, 0.4) is 0 Å². The molecule has 1 amide bonds. The Morgan fingerprint density at radius 3 is 2.77 bits per heavy atom. The molecule has 0 bridgehead atoms. The second kappa shape index (κ2) is 6.67. The largest absolute Gasteiger partial charge is 0.355 e. The van der Waals surface area contributed by atoms with Crippen LogP contribution in [0, 0.1) is 10.8 Å². The minimum Gasteiger partial charge on any atom is -0.355 e. The summed E-state index contributed by atoms with van der Waals surface area (Å²) in [5.41, 5.74) is 0.833. The monoisotopic (exact) mass is 374 g/mol. The molecular formula is C19H23ClN4O2. The highest BCUT2D eigenvalue weighted by molar-refractivity contribution is 6.30. The molecule has 1 aromatic heterocycles. The average molecular weight is 375 g/mol. The first-order valence-corrected chi connectivity index (χ1v) is 9.48. The van der Waals surface area contributed by atoms with Gasteiger partial charge in [0, 0.05) is 23.6 Å². The van der Waals surface area contributed by atoms with Gasteiger partial charge in [-0.1, -0.05) is 23.7 Å². The molecule has 6 nitrogen and oxygen atoms in total. The SMILES string of the molecule is CC1(C(=O)NCCc2nc(-c3ccc(Cl)cc3)no2)CC12CCNCC2. The number of carbonyl (C=O) groups excluding carboxylic acids is 1. The number of amides is 1. The van der Waals surface area contributed by atoms with Crippen LogP contribution in [-0.4, -0.2) is 35.7 Å². The van der Waals surface area contributed by atoms with Gasteiger partial charge in [-0.2, -0.15) is 4.98 Å². The van der Waals surface area contributed by atoms with Gasteiger partial charge in [0.25, 0.3) is 0 Å². The van der Waals surface area contributed by atoms with Crippen molar-refractivity contribution in [1.29, 1.82) is 0 Å². The maximum atomic E-state index is 12.6. The lowest BCUT2D eigenvalue weighted by atomic mass is 9.85. The van der Waals surface area contributed by atoms with Gasteiger partial charge in [0.05, 0.1) is 5.41 Å². The van der Waals surface area contributed by atoms with E-state index < -0.39 is 0 Å². The van der Waals surface area contributed by atoms with Crippen molar-refractivity contribution in [3.05, 3.63) is 35.2 Å². The molecule has 2 N–H and O–H groups in total. The zero-order valence-electron chi connectivity index (χ0n) is 14.8. The average Bonchev–Trinajstić information content (AvgIpc) is 3.00. The zero-order chi connectivity index (χ0) is 18.2. The first kappa shape index (κ1) is 17.5. The van der Waals surface area contributed by atoms with Crippen LogP contribution < -0.4 is 10.6 Å². The molecule has 1 saturated carbocycles. The first-order chi connectivity index (χ1) is 12.5. The fraction of sp³-hybridized carbons (Fsp3) is 0.526. The molecule has 26 heavy (non-hydrogen) atoms. The van der Waals surface area contributed by atoms with Crippen molar-refractivity contribution in [2.45, 2.75) is 32.6 Å². The Hall–Kier alpha value is -1.92. The molecule has 2 aliphatic rings. The molecule has 1 aliphatic carbocycles. The third kappa shape index (κ3) is 3.12. The highest BCUT2D eigenvalue weighted by atomic mass is 35.5. The molecule has 1 saturated heterocycles. The van der Waals surface area contributed by atoms with E-state index in [0.29, 0.717) is 29.7 Å². The standard InChI is InChI=1S/C19H23ClN4O2/c1-18(12-19(18)7-10-21-11-8-19)17(25)22-9-6-15-23-16(24-26-15)13-2-4-14(20)5-3-13/h2-5,21H,6-12H2,1H3,(H,22,25). The number of hydrogen-bond acceptors (Lipinski definition) is 5. The van der Waals surface area contributed by atoms with Crippen molar-refractivity contribution in [1.82, 2.24) is 20.8 Å². The Morgan fingerprint density at radius 1 is 1.31 bits per heavy atom. The first-order valence-electron chi connectivity index (χ1n) is 9.10. The molecule has 2 aromatic rings. The molecular weight excluding hydrogens is 352 g/mol. The van der Waals surface area contributed by atoms with Gasteiger partial charge in [-0.3, -0.25) is 4.79 Å². The third-order valence-electron chi connectivity index (χ3n) is 5.99. The molecule has 7 heteroatoms. The van der Waals surface area contributed by atoms with Gasteiger partial charge in [-0.15, -0.1) is 0 Å². The van der Waals surface area contributed by atoms with Gasteiger partial charge in [0.1, 0.15) is 0 Å². The quantitative estimate of drug-likeness (QED) is 0.841. The van der Waals surface area contributed by atoms with Crippen LogP contribution in [0.1, 0.15) is 32.1 Å². The summed E-state index contributed by atoms with van der Waals surface area (Å²) in [5, 5.41) is 11.1. The molecule has 2 fully saturated rings. The van der Waals surface area contributed by atoms with Crippen LogP contribution in [0.25, 0.3) is 11.4 Å². The summed E-state index contributed by atoms with van der Waals surface area (Å²) in [6.45, 7) is 4.63. The summed E-state index contributed by atoms with van der Waals surface area (Å²) in [6, 6.07) is 7.29. The molecule has 138 valence electrons. The Morgan fingerprint density at radius 2 is 2.04 bits per heavy atom. The van der Waals surface area contributed by atoms with E-state index in [1.54, 1.807) is 12.1 Å². The van der Waals surface area contributed by atoms with Crippen molar-refractivity contribution in [3.63, 3.8) is 0 Å².